The largest absolute Gasteiger partial charge is 0.399 e. The van der Waals surface area contributed by atoms with Gasteiger partial charge in [-0.25, -0.2) is 0 Å². The van der Waals surface area contributed by atoms with Gasteiger partial charge in [-0.05, 0) is 42.7 Å². The third kappa shape index (κ3) is 1.73. The Morgan fingerprint density at radius 2 is 2.28 bits per heavy atom. The highest BCUT2D eigenvalue weighted by atomic mass is 16.2. The van der Waals surface area contributed by atoms with Crippen molar-refractivity contribution in [3.8, 4) is 0 Å². The average Bonchev–Trinajstić information content (AvgIpc) is 2.90. The van der Waals surface area contributed by atoms with Gasteiger partial charge in [0.25, 0.3) is 5.91 Å². The standard InChI is InChI=1S/C13H14N4O/c14-10-3-4-12-9(8-10)2-1-7-17(12)13(18)11-5-6-15-16-11/h3-6,8H,1-2,7,14H2,(H,15,16). The van der Waals surface area contributed by atoms with E-state index in [1.807, 2.05) is 18.2 Å². The Kier molecular flexibility index (Phi) is 2.51. The molecule has 92 valence electrons. The molecule has 1 aromatic heterocycles. The Labute approximate surface area is 105 Å². The number of aryl methyl sites for hydroxylation is 1. The zero-order chi connectivity index (χ0) is 12.5. The molecular weight excluding hydrogens is 228 g/mol. The smallest absolute Gasteiger partial charge is 0.276 e. The predicted octanol–water partition coefficient (Wildman–Crippen LogP) is 1.58. The average molecular weight is 242 g/mol. The molecule has 3 N–H and O–H groups in total. The lowest BCUT2D eigenvalue weighted by Gasteiger charge is -2.29. The molecule has 1 aliphatic rings. The van der Waals surface area contributed by atoms with Gasteiger partial charge in [-0.3, -0.25) is 9.89 Å². The fourth-order valence-corrected chi connectivity index (χ4v) is 2.35. The molecule has 0 bridgehead atoms. The monoisotopic (exact) mass is 242 g/mol. The van der Waals surface area contributed by atoms with Gasteiger partial charge < -0.3 is 10.6 Å². The van der Waals surface area contributed by atoms with Crippen molar-refractivity contribution in [3.63, 3.8) is 0 Å². The molecule has 1 aromatic carbocycles. The molecule has 2 aromatic rings. The van der Waals surface area contributed by atoms with Crippen LogP contribution in [0.3, 0.4) is 0 Å². The number of rotatable bonds is 1. The molecule has 2 heterocycles. The van der Waals surface area contributed by atoms with Crippen molar-refractivity contribution in [2.45, 2.75) is 12.8 Å². The summed E-state index contributed by atoms with van der Waals surface area (Å²) >= 11 is 0. The molecule has 1 amide bonds. The number of H-pyrrole nitrogens is 1. The number of aromatic amines is 1. The summed E-state index contributed by atoms with van der Waals surface area (Å²) in [6.07, 6.45) is 3.50. The Morgan fingerprint density at radius 1 is 1.39 bits per heavy atom. The van der Waals surface area contributed by atoms with Crippen LogP contribution in [0.15, 0.2) is 30.5 Å². The van der Waals surface area contributed by atoms with Crippen molar-refractivity contribution in [2.75, 3.05) is 17.2 Å². The number of carbonyl (C=O) groups excluding carboxylic acids is 1. The van der Waals surface area contributed by atoms with Crippen LogP contribution in [-0.4, -0.2) is 22.6 Å². The van der Waals surface area contributed by atoms with E-state index in [1.54, 1.807) is 17.2 Å². The number of hydrogen-bond donors (Lipinski definition) is 2. The minimum absolute atomic E-state index is 0.0433. The van der Waals surface area contributed by atoms with Crippen LogP contribution < -0.4 is 10.6 Å². The SMILES string of the molecule is Nc1ccc2c(c1)CCCN2C(=O)c1ccn[nH]1. The highest BCUT2D eigenvalue weighted by molar-refractivity contribution is 6.05. The number of carbonyl (C=O) groups is 1. The Balaban J connectivity index is 1.99. The topological polar surface area (TPSA) is 75.0 Å². The van der Waals surface area contributed by atoms with Crippen molar-refractivity contribution in [1.82, 2.24) is 10.2 Å². The maximum atomic E-state index is 12.3. The van der Waals surface area contributed by atoms with Crippen molar-refractivity contribution in [1.29, 1.82) is 0 Å². The summed E-state index contributed by atoms with van der Waals surface area (Å²) in [7, 11) is 0. The van der Waals surface area contributed by atoms with Crippen LogP contribution in [0.5, 0.6) is 0 Å². The van der Waals surface area contributed by atoms with Gasteiger partial charge in [0.05, 0.1) is 0 Å². The molecule has 3 rings (SSSR count). The number of amides is 1. The number of nitrogens with one attached hydrogen (secondary N) is 1. The van der Waals surface area contributed by atoms with E-state index in [9.17, 15) is 4.79 Å². The van der Waals surface area contributed by atoms with Crippen LogP contribution in [0.2, 0.25) is 0 Å². The van der Waals surface area contributed by atoms with Crippen LogP contribution in [0.25, 0.3) is 0 Å². The fraction of sp³-hybridized carbons (Fsp3) is 0.231. The molecule has 0 radical (unpaired) electrons. The first-order chi connectivity index (χ1) is 8.75. The normalized spacial score (nSPS) is 14.3. The highest BCUT2D eigenvalue weighted by Gasteiger charge is 2.24. The van der Waals surface area contributed by atoms with Crippen molar-refractivity contribution in [3.05, 3.63) is 41.7 Å². The summed E-state index contributed by atoms with van der Waals surface area (Å²) in [4.78, 5) is 14.1. The van der Waals surface area contributed by atoms with Crippen molar-refractivity contribution in [2.24, 2.45) is 0 Å². The summed E-state index contributed by atoms with van der Waals surface area (Å²) in [5.74, 6) is -0.0433. The number of fused-ring (bicyclic) bond motifs is 1. The van der Waals surface area contributed by atoms with Crippen LogP contribution >= 0.6 is 0 Å². The fourth-order valence-electron chi connectivity index (χ4n) is 2.35. The van der Waals surface area contributed by atoms with E-state index >= 15 is 0 Å². The maximum absolute atomic E-state index is 12.3. The number of benzene rings is 1. The molecule has 0 unspecified atom stereocenters. The van der Waals surface area contributed by atoms with Gasteiger partial charge in [0.2, 0.25) is 0 Å². The van der Waals surface area contributed by atoms with E-state index in [4.69, 9.17) is 5.73 Å². The number of nitrogens with zero attached hydrogens (tertiary/aromatic N) is 2. The number of hydrogen-bond acceptors (Lipinski definition) is 3. The molecule has 5 nitrogen and oxygen atoms in total. The number of nitrogens with two attached hydrogens (primary N) is 1. The summed E-state index contributed by atoms with van der Waals surface area (Å²) in [6, 6.07) is 7.38. The molecule has 0 saturated carbocycles. The lowest BCUT2D eigenvalue weighted by atomic mass is 10.0. The summed E-state index contributed by atoms with van der Waals surface area (Å²) in [6.45, 7) is 0.731. The zero-order valence-corrected chi connectivity index (χ0v) is 9.89. The van der Waals surface area contributed by atoms with Crippen LogP contribution in [0.4, 0.5) is 11.4 Å². The summed E-state index contributed by atoms with van der Waals surface area (Å²) in [5.41, 5.74) is 9.12. The highest BCUT2D eigenvalue weighted by Crippen LogP contribution is 2.29. The third-order valence-corrected chi connectivity index (χ3v) is 3.20. The number of aromatic nitrogens is 2. The van der Waals surface area contributed by atoms with E-state index in [-0.39, 0.29) is 5.91 Å². The quantitative estimate of drug-likeness (QED) is 0.745. The van der Waals surface area contributed by atoms with Crippen LogP contribution in [0, 0.1) is 0 Å². The minimum atomic E-state index is -0.0433. The first-order valence-corrected chi connectivity index (χ1v) is 5.95. The van der Waals surface area contributed by atoms with Gasteiger partial charge in [0.15, 0.2) is 0 Å². The van der Waals surface area contributed by atoms with E-state index in [2.05, 4.69) is 10.2 Å². The molecule has 1 aliphatic heterocycles. The lowest BCUT2D eigenvalue weighted by Crippen LogP contribution is -2.35. The zero-order valence-electron chi connectivity index (χ0n) is 9.89. The molecule has 5 heteroatoms. The lowest BCUT2D eigenvalue weighted by molar-refractivity contribution is 0.0980. The third-order valence-electron chi connectivity index (χ3n) is 3.20. The molecule has 18 heavy (non-hydrogen) atoms. The number of nitrogen functional groups attached to an aromatic ring is 1. The first-order valence-electron chi connectivity index (χ1n) is 5.95. The second kappa shape index (κ2) is 4.18. The van der Waals surface area contributed by atoms with Gasteiger partial charge in [-0.1, -0.05) is 0 Å². The van der Waals surface area contributed by atoms with Crippen LogP contribution in [0.1, 0.15) is 22.5 Å². The predicted molar refractivity (Wildman–Crippen MR) is 69.4 cm³/mol. The van der Waals surface area contributed by atoms with Crippen molar-refractivity contribution < 1.29 is 4.79 Å². The molecule has 0 aliphatic carbocycles. The molecule has 0 atom stereocenters. The van der Waals surface area contributed by atoms with E-state index in [1.165, 1.54) is 0 Å². The number of anilines is 2. The van der Waals surface area contributed by atoms with E-state index < -0.39 is 0 Å². The van der Waals surface area contributed by atoms with Gasteiger partial charge >= 0.3 is 0 Å². The molecular formula is C13H14N4O. The molecule has 0 saturated heterocycles. The van der Waals surface area contributed by atoms with E-state index in [0.717, 1.165) is 36.3 Å². The van der Waals surface area contributed by atoms with E-state index in [0.29, 0.717) is 5.69 Å². The minimum Gasteiger partial charge on any atom is -0.399 e. The second-order valence-electron chi connectivity index (χ2n) is 4.42. The first kappa shape index (κ1) is 10.8. The second-order valence-corrected chi connectivity index (χ2v) is 4.42. The Hall–Kier alpha value is -2.30. The Bertz CT molecular complexity index is 577. The molecule has 0 fully saturated rings. The summed E-state index contributed by atoms with van der Waals surface area (Å²) in [5, 5.41) is 6.53. The molecule has 0 spiro atoms. The van der Waals surface area contributed by atoms with Gasteiger partial charge in [-0.2, -0.15) is 5.10 Å². The van der Waals surface area contributed by atoms with Crippen molar-refractivity contribution >= 4 is 17.3 Å². The van der Waals surface area contributed by atoms with Gasteiger partial charge in [-0.15, -0.1) is 0 Å². The Morgan fingerprint density at radius 3 is 3.06 bits per heavy atom. The van der Waals surface area contributed by atoms with Gasteiger partial charge in [0, 0.05) is 24.1 Å². The van der Waals surface area contributed by atoms with Crippen LogP contribution in [-0.2, 0) is 6.42 Å². The van der Waals surface area contributed by atoms with Gasteiger partial charge in [0.1, 0.15) is 5.69 Å². The maximum Gasteiger partial charge on any atom is 0.276 e. The summed E-state index contributed by atoms with van der Waals surface area (Å²) < 4.78 is 0.